The van der Waals surface area contributed by atoms with Gasteiger partial charge < -0.3 is 15.9 Å². The first kappa shape index (κ1) is 25.4. The minimum atomic E-state index is -3.57. The third-order valence-corrected chi connectivity index (χ3v) is 9.99. The number of hydrogen-bond donors (Lipinski definition) is 2. The van der Waals surface area contributed by atoms with Crippen LogP contribution in [0.15, 0.2) is 47.4 Å². The van der Waals surface area contributed by atoms with Crippen LogP contribution >= 0.6 is 0 Å². The van der Waals surface area contributed by atoms with Crippen LogP contribution < -0.4 is 5.73 Å². The summed E-state index contributed by atoms with van der Waals surface area (Å²) in [5, 5.41) is 7.30. The molecule has 3 atom stereocenters. The van der Waals surface area contributed by atoms with Gasteiger partial charge in [0.15, 0.2) is 0 Å². The molecule has 3 aliphatic rings. The fourth-order valence-corrected chi connectivity index (χ4v) is 7.46. The van der Waals surface area contributed by atoms with Gasteiger partial charge in [0.2, 0.25) is 10.0 Å². The lowest BCUT2D eigenvalue weighted by Gasteiger charge is -2.45. The van der Waals surface area contributed by atoms with Gasteiger partial charge in [-0.25, -0.2) is 17.2 Å². The average molecular weight is 519 g/mol. The van der Waals surface area contributed by atoms with Crippen molar-refractivity contribution < 1.29 is 21.9 Å². The molecule has 1 spiro atoms. The summed E-state index contributed by atoms with van der Waals surface area (Å²) in [7, 11) is -3.57. The summed E-state index contributed by atoms with van der Waals surface area (Å²) in [6.07, 6.45) is 3.76. The van der Waals surface area contributed by atoms with E-state index in [4.69, 9.17) is 15.9 Å². The van der Waals surface area contributed by atoms with Crippen LogP contribution in [0, 0.1) is 22.5 Å². The first-order valence-corrected chi connectivity index (χ1v) is 13.8. The zero-order valence-electron chi connectivity index (χ0n) is 20.1. The van der Waals surface area contributed by atoms with Gasteiger partial charge in [0, 0.05) is 37.0 Å². The van der Waals surface area contributed by atoms with Crippen molar-refractivity contribution in [1.82, 2.24) is 9.21 Å². The molecule has 3 saturated heterocycles. The van der Waals surface area contributed by atoms with E-state index >= 15 is 0 Å². The van der Waals surface area contributed by atoms with Gasteiger partial charge in [-0.2, -0.15) is 4.31 Å². The molecule has 0 saturated carbocycles. The summed E-state index contributed by atoms with van der Waals surface area (Å²) in [4.78, 5) is 2.61. The van der Waals surface area contributed by atoms with Crippen LogP contribution in [0.25, 0.3) is 0 Å². The van der Waals surface area contributed by atoms with Crippen molar-refractivity contribution in [2.24, 2.45) is 11.1 Å². The predicted octanol–water partition coefficient (Wildman–Crippen LogP) is 3.30. The molecule has 3 aliphatic heterocycles. The number of rotatable bonds is 5. The van der Waals surface area contributed by atoms with E-state index in [1.54, 1.807) is 28.6 Å². The molecular weight excluding hydrogens is 486 g/mol. The average Bonchev–Trinajstić information content (AvgIpc) is 3.30. The second-order valence-corrected chi connectivity index (χ2v) is 12.2. The van der Waals surface area contributed by atoms with E-state index in [1.165, 1.54) is 6.21 Å². The largest absolute Gasteiger partial charge is 0.370 e. The Bertz CT molecular complexity index is 1220. The topological polar surface area (TPSA) is 99.7 Å². The maximum absolute atomic E-state index is 14.2. The zero-order valence-corrected chi connectivity index (χ0v) is 20.9. The third kappa shape index (κ3) is 4.84. The maximum Gasteiger partial charge on any atom is 0.243 e. The normalized spacial score (nSPS) is 27.4. The van der Waals surface area contributed by atoms with Gasteiger partial charge in [-0.05, 0) is 80.1 Å². The van der Waals surface area contributed by atoms with Crippen molar-refractivity contribution in [1.29, 1.82) is 5.41 Å². The van der Waals surface area contributed by atoms with Crippen LogP contribution in [0.1, 0.15) is 42.9 Å². The number of hydrogen-bond acceptors (Lipinski definition) is 6. The summed E-state index contributed by atoms with van der Waals surface area (Å²) in [6.45, 7) is 3.06. The fraction of sp³-hybridized carbons (Fsp3) is 0.500. The van der Waals surface area contributed by atoms with Crippen molar-refractivity contribution in [3.05, 3.63) is 65.2 Å². The lowest BCUT2D eigenvalue weighted by Crippen LogP contribution is -2.53. The van der Waals surface area contributed by atoms with Crippen molar-refractivity contribution >= 4 is 16.2 Å². The smallest absolute Gasteiger partial charge is 0.243 e. The zero-order chi connectivity index (χ0) is 25.5. The molecule has 3 fully saturated rings. The number of ether oxygens (including phenoxy) is 1. The predicted molar refractivity (Wildman–Crippen MR) is 132 cm³/mol. The van der Waals surface area contributed by atoms with E-state index in [9.17, 15) is 17.2 Å². The summed E-state index contributed by atoms with van der Waals surface area (Å²) < 4.78 is 61.8. The van der Waals surface area contributed by atoms with E-state index in [0.29, 0.717) is 31.7 Å². The number of benzene rings is 2. The molecule has 194 valence electrons. The highest BCUT2D eigenvalue weighted by Crippen LogP contribution is 2.43. The second-order valence-electron chi connectivity index (χ2n) is 10.3. The highest BCUT2D eigenvalue weighted by Gasteiger charge is 2.46. The van der Waals surface area contributed by atoms with Crippen LogP contribution in [0.4, 0.5) is 8.78 Å². The lowest BCUT2D eigenvalue weighted by molar-refractivity contribution is -0.0626. The lowest BCUT2D eigenvalue weighted by atomic mass is 9.77. The molecule has 2 aromatic carbocycles. The Labute approximate surface area is 210 Å². The van der Waals surface area contributed by atoms with Gasteiger partial charge in [0.25, 0.3) is 0 Å². The quantitative estimate of drug-likeness (QED) is 0.592. The number of sulfonamides is 1. The standard InChI is InChI=1S/C26H32F2N4O3S/c27-19-3-6-23(28)22(13-19)25-24(30)14-20(16-35-25)31-10-7-26(8-11-31)9-12-32(17-26)36(33,34)21-4-1-18(15-29)2-5-21/h1-6,13,15,20,24-25,29H,7-12,14,16-17,30H2/t20-,24+,25-/m1/s1. The number of piperidine rings is 1. The molecular formula is C26H32F2N4O3S. The van der Waals surface area contributed by atoms with Crippen molar-refractivity contribution in [2.75, 3.05) is 32.8 Å². The Balaban J connectivity index is 1.18. The molecule has 36 heavy (non-hydrogen) atoms. The van der Waals surface area contributed by atoms with Crippen LogP contribution in [-0.4, -0.2) is 68.7 Å². The van der Waals surface area contributed by atoms with Gasteiger partial charge in [0.1, 0.15) is 17.7 Å². The molecule has 3 heterocycles. The second kappa shape index (κ2) is 9.90. The van der Waals surface area contributed by atoms with Gasteiger partial charge in [-0.1, -0.05) is 12.1 Å². The van der Waals surface area contributed by atoms with Crippen LogP contribution in [0.3, 0.4) is 0 Å². The number of likely N-dealkylation sites (tertiary alicyclic amines) is 1. The molecule has 0 bridgehead atoms. The van der Waals surface area contributed by atoms with Crippen LogP contribution in [0.5, 0.6) is 0 Å². The van der Waals surface area contributed by atoms with Gasteiger partial charge in [-0.15, -0.1) is 0 Å². The molecule has 10 heteroatoms. The number of halogens is 2. The van der Waals surface area contributed by atoms with Crippen molar-refractivity contribution in [3.63, 3.8) is 0 Å². The van der Waals surface area contributed by atoms with Gasteiger partial charge >= 0.3 is 0 Å². The number of nitrogens with one attached hydrogen (secondary N) is 1. The van der Waals surface area contributed by atoms with Crippen molar-refractivity contribution in [2.45, 2.75) is 48.8 Å². The van der Waals surface area contributed by atoms with Gasteiger partial charge in [0.05, 0.1) is 11.5 Å². The summed E-state index contributed by atoms with van der Waals surface area (Å²) in [5.74, 6) is -1.02. The van der Waals surface area contributed by atoms with E-state index in [2.05, 4.69) is 4.90 Å². The molecule has 0 radical (unpaired) electrons. The minimum Gasteiger partial charge on any atom is -0.370 e. The maximum atomic E-state index is 14.2. The van der Waals surface area contributed by atoms with E-state index in [-0.39, 0.29) is 21.9 Å². The third-order valence-electron chi connectivity index (χ3n) is 8.13. The first-order chi connectivity index (χ1) is 17.2. The highest BCUT2D eigenvalue weighted by molar-refractivity contribution is 7.89. The number of nitrogens with zero attached hydrogens (tertiary/aromatic N) is 2. The summed E-state index contributed by atoms with van der Waals surface area (Å²) in [6, 6.07) is 9.43. The Morgan fingerprint density at radius 1 is 1.06 bits per heavy atom. The molecule has 2 aromatic rings. The molecule has 7 nitrogen and oxygen atoms in total. The molecule has 0 aliphatic carbocycles. The SMILES string of the molecule is N=Cc1ccc(S(=O)(=O)N2CCC3(CCN([C@H]4CO[C@H](c5cc(F)ccc5F)[C@@H](N)C4)CC3)C2)cc1. The van der Waals surface area contributed by atoms with E-state index in [1.807, 2.05) is 0 Å². The van der Waals surface area contributed by atoms with E-state index < -0.39 is 33.8 Å². The summed E-state index contributed by atoms with van der Waals surface area (Å²) in [5.41, 5.74) is 7.15. The van der Waals surface area contributed by atoms with Gasteiger partial charge in [-0.3, -0.25) is 4.90 Å². The summed E-state index contributed by atoms with van der Waals surface area (Å²) >= 11 is 0. The van der Waals surface area contributed by atoms with Crippen molar-refractivity contribution in [3.8, 4) is 0 Å². The molecule has 5 rings (SSSR count). The highest BCUT2D eigenvalue weighted by atomic mass is 32.2. The van der Waals surface area contributed by atoms with Crippen LogP contribution in [0.2, 0.25) is 0 Å². The van der Waals surface area contributed by atoms with Crippen LogP contribution in [-0.2, 0) is 14.8 Å². The Morgan fingerprint density at radius 2 is 1.75 bits per heavy atom. The monoisotopic (exact) mass is 518 g/mol. The van der Waals surface area contributed by atoms with E-state index in [0.717, 1.165) is 50.6 Å². The molecule has 0 amide bonds. The number of nitrogens with two attached hydrogens (primary N) is 1. The minimum absolute atomic E-state index is 0.0384. The molecule has 0 unspecified atom stereocenters. The first-order valence-electron chi connectivity index (χ1n) is 12.4. The molecule has 0 aromatic heterocycles. The Kier molecular flexibility index (Phi) is 6.99. The Morgan fingerprint density at radius 3 is 2.42 bits per heavy atom. The molecule has 3 N–H and O–H groups in total. The fourth-order valence-electron chi connectivity index (χ4n) is 5.91. The Hall–Kier alpha value is -2.24.